The predicted molar refractivity (Wildman–Crippen MR) is 102 cm³/mol. The number of hydrogen-bond donors (Lipinski definition) is 1. The molecule has 1 aliphatic carbocycles. The average Bonchev–Trinajstić information content (AvgIpc) is 3.23. The number of nitrogens with zero attached hydrogens (tertiary/aromatic N) is 1. The first-order chi connectivity index (χ1) is 12.5. The molecule has 1 N–H and O–H groups in total. The van der Waals surface area contributed by atoms with Crippen LogP contribution in [0.5, 0.6) is 0 Å². The fraction of sp³-hybridized carbons (Fsp3) is 0.400. The highest BCUT2D eigenvalue weighted by atomic mass is 35.5. The van der Waals surface area contributed by atoms with E-state index in [4.69, 9.17) is 11.6 Å². The van der Waals surface area contributed by atoms with Crippen molar-refractivity contribution in [1.82, 2.24) is 4.31 Å². The molecule has 0 aromatic heterocycles. The number of aliphatic hydroxyl groups excluding tert-OH is 1. The molecule has 2 fully saturated rings. The number of aliphatic hydroxyl groups is 1. The topological polar surface area (TPSA) is 57.6 Å². The zero-order valence-corrected chi connectivity index (χ0v) is 16.0. The van der Waals surface area contributed by atoms with Gasteiger partial charge in [-0.25, -0.2) is 8.42 Å². The van der Waals surface area contributed by atoms with E-state index < -0.39 is 10.0 Å². The Morgan fingerprint density at radius 3 is 2.42 bits per heavy atom. The molecule has 26 heavy (non-hydrogen) atoms. The van der Waals surface area contributed by atoms with Crippen molar-refractivity contribution in [2.24, 2.45) is 11.8 Å². The lowest BCUT2D eigenvalue weighted by molar-refractivity contribution is 0.282. The van der Waals surface area contributed by atoms with Crippen LogP contribution in [-0.2, 0) is 16.6 Å². The van der Waals surface area contributed by atoms with Gasteiger partial charge in [-0.1, -0.05) is 48.4 Å². The van der Waals surface area contributed by atoms with E-state index in [1.807, 2.05) is 24.3 Å². The predicted octanol–water partition coefficient (Wildman–Crippen LogP) is 3.92. The second-order valence-corrected chi connectivity index (χ2v) is 9.55. The Kier molecular flexibility index (Phi) is 4.82. The van der Waals surface area contributed by atoms with Crippen molar-refractivity contribution in [1.29, 1.82) is 0 Å². The van der Waals surface area contributed by atoms with Crippen molar-refractivity contribution >= 4 is 21.6 Å². The lowest BCUT2D eigenvalue weighted by atomic mass is 10.0. The summed E-state index contributed by atoms with van der Waals surface area (Å²) in [5, 5.41) is 9.75. The summed E-state index contributed by atoms with van der Waals surface area (Å²) in [5.74, 6) is 0.999. The summed E-state index contributed by atoms with van der Waals surface area (Å²) in [5.41, 5.74) is 2.44. The van der Waals surface area contributed by atoms with Crippen molar-refractivity contribution in [3.8, 4) is 11.1 Å². The van der Waals surface area contributed by atoms with E-state index in [1.54, 1.807) is 22.5 Å². The number of sulfonamides is 1. The van der Waals surface area contributed by atoms with E-state index >= 15 is 0 Å². The molecule has 4 rings (SSSR count). The van der Waals surface area contributed by atoms with Crippen LogP contribution < -0.4 is 0 Å². The van der Waals surface area contributed by atoms with Gasteiger partial charge in [-0.15, -0.1) is 0 Å². The molecule has 2 aromatic rings. The number of halogens is 1. The first-order valence-electron chi connectivity index (χ1n) is 8.99. The van der Waals surface area contributed by atoms with Gasteiger partial charge in [0, 0.05) is 13.1 Å². The maximum atomic E-state index is 13.1. The third-order valence-electron chi connectivity index (χ3n) is 5.74. The number of hydrogen-bond acceptors (Lipinski definition) is 3. The monoisotopic (exact) mass is 391 g/mol. The Bertz CT molecular complexity index is 916. The highest BCUT2D eigenvalue weighted by molar-refractivity contribution is 7.89. The van der Waals surface area contributed by atoms with E-state index in [1.165, 1.54) is 6.42 Å². The van der Waals surface area contributed by atoms with Crippen LogP contribution in [0.2, 0.25) is 5.02 Å². The zero-order chi connectivity index (χ0) is 18.3. The largest absolute Gasteiger partial charge is 0.392 e. The summed E-state index contributed by atoms with van der Waals surface area (Å²) in [6.07, 6.45) is 3.46. The van der Waals surface area contributed by atoms with Crippen LogP contribution >= 0.6 is 11.6 Å². The SMILES string of the molecule is O=S(=O)(c1ccc(-c2ccccc2CO)cc1Cl)N1C[C@H]2CCC[C@H]2C1. The quantitative estimate of drug-likeness (QED) is 0.859. The lowest BCUT2D eigenvalue weighted by Gasteiger charge is -2.19. The fourth-order valence-electron chi connectivity index (χ4n) is 4.34. The third kappa shape index (κ3) is 3.07. The number of benzene rings is 2. The van der Waals surface area contributed by atoms with E-state index in [-0.39, 0.29) is 16.5 Å². The Balaban J connectivity index is 1.66. The van der Waals surface area contributed by atoms with E-state index in [9.17, 15) is 13.5 Å². The first kappa shape index (κ1) is 18.0. The molecule has 2 aromatic carbocycles. The Morgan fingerprint density at radius 2 is 1.77 bits per heavy atom. The summed E-state index contributed by atoms with van der Waals surface area (Å²) >= 11 is 6.39. The summed E-state index contributed by atoms with van der Waals surface area (Å²) in [6, 6.07) is 12.5. The summed E-state index contributed by atoms with van der Waals surface area (Å²) in [6.45, 7) is 1.14. The van der Waals surface area contributed by atoms with Crippen LogP contribution in [0.3, 0.4) is 0 Å². The van der Waals surface area contributed by atoms with Crippen LogP contribution in [0.25, 0.3) is 11.1 Å². The zero-order valence-electron chi connectivity index (χ0n) is 14.4. The molecule has 1 saturated carbocycles. The van der Waals surface area contributed by atoms with Gasteiger partial charge in [0.2, 0.25) is 10.0 Å². The molecule has 0 radical (unpaired) electrons. The third-order valence-corrected chi connectivity index (χ3v) is 8.06. The smallest absolute Gasteiger partial charge is 0.244 e. The minimum Gasteiger partial charge on any atom is -0.392 e. The molecular weight excluding hydrogens is 370 g/mol. The van der Waals surface area contributed by atoms with E-state index in [2.05, 4.69) is 0 Å². The van der Waals surface area contributed by atoms with Gasteiger partial charge in [0.1, 0.15) is 4.90 Å². The van der Waals surface area contributed by atoms with Crippen LogP contribution in [0.4, 0.5) is 0 Å². The second-order valence-electron chi connectivity index (χ2n) is 7.23. The fourth-order valence-corrected chi connectivity index (χ4v) is 6.42. The maximum absolute atomic E-state index is 13.1. The minimum atomic E-state index is -3.57. The van der Waals surface area contributed by atoms with Gasteiger partial charge in [0.05, 0.1) is 11.6 Å². The van der Waals surface area contributed by atoms with Gasteiger partial charge in [0.25, 0.3) is 0 Å². The molecule has 2 atom stereocenters. The Hall–Kier alpha value is -1.40. The van der Waals surface area contributed by atoms with Crippen molar-refractivity contribution in [2.75, 3.05) is 13.1 Å². The Labute approximate surface area is 159 Å². The lowest BCUT2D eigenvalue weighted by Crippen LogP contribution is -2.29. The summed E-state index contributed by atoms with van der Waals surface area (Å²) in [4.78, 5) is 0.171. The van der Waals surface area contributed by atoms with Crippen LogP contribution in [0.15, 0.2) is 47.4 Å². The van der Waals surface area contributed by atoms with Crippen LogP contribution in [0.1, 0.15) is 24.8 Å². The molecule has 0 amide bonds. The van der Waals surface area contributed by atoms with Gasteiger partial charge in [0.15, 0.2) is 0 Å². The molecule has 2 aliphatic rings. The number of fused-ring (bicyclic) bond motifs is 1. The maximum Gasteiger partial charge on any atom is 0.244 e. The highest BCUT2D eigenvalue weighted by Gasteiger charge is 2.41. The van der Waals surface area contributed by atoms with Gasteiger partial charge < -0.3 is 5.11 Å². The molecule has 1 saturated heterocycles. The standard InChI is InChI=1S/C20H22ClNO3S/c21-19-10-14(18-7-2-1-4-17(18)13-23)8-9-20(19)26(24,25)22-11-15-5-3-6-16(15)12-22/h1-2,4,7-10,15-16,23H,3,5-6,11-13H2/t15-,16+. The molecule has 0 spiro atoms. The molecule has 1 aliphatic heterocycles. The average molecular weight is 392 g/mol. The van der Waals surface area contributed by atoms with Crippen molar-refractivity contribution < 1.29 is 13.5 Å². The van der Waals surface area contributed by atoms with Crippen molar-refractivity contribution in [3.05, 3.63) is 53.1 Å². The first-order valence-corrected chi connectivity index (χ1v) is 10.8. The molecule has 4 nitrogen and oxygen atoms in total. The van der Waals surface area contributed by atoms with Gasteiger partial charge in [-0.05, 0) is 53.5 Å². The van der Waals surface area contributed by atoms with Crippen LogP contribution in [0, 0.1) is 11.8 Å². The van der Waals surface area contributed by atoms with E-state index in [0.29, 0.717) is 24.9 Å². The molecule has 0 bridgehead atoms. The van der Waals surface area contributed by atoms with Gasteiger partial charge in [-0.2, -0.15) is 4.31 Å². The number of rotatable bonds is 4. The highest BCUT2D eigenvalue weighted by Crippen LogP contribution is 2.41. The van der Waals surface area contributed by atoms with E-state index in [0.717, 1.165) is 29.5 Å². The van der Waals surface area contributed by atoms with Gasteiger partial charge >= 0.3 is 0 Å². The molecule has 138 valence electrons. The molecular formula is C20H22ClNO3S. The Morgan fingerprint density at radius 1 is 1.08 bits per heavy atom. The summed E-state index contributed by atoms with van der Waals surface area (Å²) in [7, 11) is -3.57. The normalized spacial score (nSPS) is 23.3. The van der Waals surface area contributed by atoms with Crippen molar-refractivity contribution in [2.45, 2.75) is 30.8 Å². The van der Waals surface area contributed by atoms with Gasteiger partial charge in [-0.3, -0.25) is 0 Å². The minimum absolute atomic E-state index is 0.0790. The molecule has 6 heteroatoms. The van der Waals surface area contributed by atoms with Crippen LogP contribution in [-0.4, -0.2) is 30.9 Å². The molecule has 0 unspecified atom stereocenters. The van der Waals surface area contributed by atoms with Crippen molar-refractivity contribution in [3.63, 3.8) is 0 Å². The summed E-state index contributed by atoms with van der Waals surface area (Å²) < 4.78 is 27.7. The second kappa shape index (κ2) is 6.97. The molecule has 1 heterocycles.